The van der Waals surface area contributed by atoms with Crippen molar-refractivity contribution in [2.45, 2.75) is 12.1 Å². The molecule has 0 radical (unpaired) electrons. The van der Waals surface area contributed by atoms with Crippen molar-refractivity contribution in [3.05, 3.63) is 30.2 Å². The van der Waals surface area contributed by atoms with Crippen molar-refractivity contribution in [1.82, 2.24) is 4.90 Å². The minimum absolute atomic E-state index is 0.334. The van der Waals surface area contributed by atoms with Crippen LogP contribution in [0.4, 0.5) is 0 Å². The highest BCUT2D eigenvalue weighted by Gasteiger charge is 2.43. The van der Waals surface area contributed by atoms with Crippen LogP contribution in [0.2, 0.25) is 0 Å². The van der Waals surface area contributed by atoms with Gasteiger partial charge >= 0.3 is 5.97 Å². The third-order valence-electron chi connectivity index (χ3n) is 2.60. The van der Waals surface area contributed by atoms with Crippen LogP contribution in [0.5, 0.6) is 0 Å². The van der Waals surface area contributed by atoms with E-state index in [4.69, 9.17) is 15.3 Å². The first-order valence-electron chi connectivity index (χ1n) is 5.09. The summed E-state index contributed by atoms with van der Waals surface area (Å²) < 4.78 is 5.08. The van der Waals surface area contributed by atoms with Crippen LogP contribution in [-0.2, 0) is 9.59 Å². The number of hydrogen-bond donors (Lipinski definition) is 2. The summed E-state index contributed by atoms with van der Waals surface area (Å²) in [6, 6.07) is 2.44. The van der Waals surface area contributed by atoms with E-state index in [1.807, 2.05) is 0 Å². The number of aliphatic carboxylic acids is 1. The maximum atomic E-state index is 11.3. The second kappa shape index (κ2) is 4.42. The molecule has 1 saturated heterocycles. The van der Waals surface area contributed by atoms with E-state index >= 15 is 0 Å². The first-order valence-corrected chi connectivity index (χ1v) is 5.09. The zero-order valence-electron chi connectivity index (χ0n) is 8.95. The lowest BCUT2D eigenvalue weighted by Gasteiger charge is -2.42. The molecule has 1 fully saturated rings. The molecule has 0 aliphatic carbocycles. The van der Waals surface area contributed by atoms with Gasteiger partial charge in [0.15, 0.2) is 0 Å². The van der Waals surface area contributed by atoms with Gasteiger partial charge in [0.25, 0.3) is 0 Å². The van der Waals surface area contributed by atoms with Crippen molar-refractivity contribution >= 4 is 18.0 Å². The van der Waals surface area contributed by atoms with Crippen molar-refractivity contribution in [3.8, 4) is 0 Å². The number of carboxylic acids is 1. The smallest absolute Gasteiger partial charge is 0.323 e. The van der Waals surface area contributed by atoms with Crippen LogP contribution in [0.3, 0.4) is 0 Å². The first-order chi connectivity index (χ1) is 8.09. The Morgan fingerprint density at radius 3 is 3.00 bits per heavy atom. The highest BCUT2D eigenvalue weighted by atomic mass is 16.4. The van der Waals surface area contributed by atoms with Crippen LogP contribution in [0.25, 0.3) is 6.08 Å². The molecule has 1 unspecified atom stereocenters. The Kier molecular flexibility index (Phi) is 2.97. The van der Waals surface area contributed by atoms with E-state index in [9.17, 15) is 9.59 Å². The molecular weight excluding hydrogens is 224 g/mol. The van der Waals surface area contributed by atoms with Gasteiger partial charge in [-0.05, 0) is 18.2 Å². The minimum atomic E-state index is -1.05. The van der Waals surface area contributed by atoms with Crippen molar-refractivity contribution in [2.24, 2.45) is 5.73 Å². The van der Waals surface area contributed by atoms with E-state index in [0.717, 1.165) is 0 Å². The predicted octanol–water partition coefficient (Wildman–Crippen LogP) is -0.0845. The fourth-order valence-corrected chi connectivity index (χ4v) is 1.73. The number of carboxylic acid groups (broad SMARTS) is 1. The molecule has 17 heavy (non-hydrogen) atoms. The molecule has 0 saturated carbocycles. The molecule has 1 amide bonds. The number of furan rings is 1. The highest BCUT2D eigenvalue weighted by Crippen LogP contribution is 2.20. The Balaban J connectivity index is 2.04. The van der Waals surface area contributed by atoms with Gasteiger partial charge in [0.1, 0.15) is 18.3 Å². The summed E-state index contributed by atoms with van der Waals surface area (Å²) in [4.78, 5) is 23.1. The zero-order chi connectivity index (χ0) is 12.4. The van der Waals surface area contributed by atoms with Crippen LogP contribution in [0.15, 0.2) is 28.9 Å². The van der Waals surface area contributed by atoms with Gasteiger partial charge in [-0.1, -0.05) is 6.08 Å². The van der Waals surface area contributed by atoms with E-state index in [2.05, 4.69) is 0 Å². The van der Waals surface area contributed by atoms with Gasteiger partial charge in [-0.15, -0.1) is 0 Å². The molecule has 6 heteroatoms. The van der Waals surface area contributed by atoms with Crippen molar-refractivity contribution in [3.63, 3.8) is 0 Å². The number of carbonyl (C=O) groups is 2. The third-order valence-corrected chi connectivity index (χ3v) is 2.60. The Labute approximate surface area is 97.3 Å². The summed E-state index contributed by atoms with van der Waals surface area (Å²) in [5.41, 5.74) is 5.61. The van der Waals surface area contributed by atoms with Crippen molar-refractivity contribution < 1.29 is 19.1 Å². The predicted molar refractivity (Wildman–Crippen MR) is 58.9 cm³/mol. The lowest BCUT2D eigenvalue weighted by atomic mass is 9.95. The largest absolute Gasteiger partial charge is 0.480 e. The number of β-lactam (4-membered cyclic amide) rings is 1. The summed E-state index contributed by atoms with van der Waals surface area (Å²) in [5, 5.41) is 8.65. The van der Waals surface area contributed by atoms with Crippen LogP contribution in [0, 0.1) is 0 Å². The van der Waals surface area contributed by atoms with Gasteiger partial charge in [-0.2, -0.15) is 0 Å². The van der Waals surface area contributed by atoms with Crippen molar-refractivity contribution in [2.75, 3.05) is 6.54 Å². The van der Waals surface area contributed by atoms with E-state index < -0.39 is 12.0 Å². The molecular formula is C11H12N2O4. The lowest BCUT2D eigenvalue weighted by molar-refractivity contribution is -0.154. The summed E-state index contributed by atoms with van der Waals surface area (Å²) in [7, 11) is 0. The molecule has 1 aliphatic heterocycles. The normalized spacial score (nSPS) is 24.1. The summed E-state index contributed by atoms with van der Waals surface area (Å²) >= 11 is 0. The van der Waals surface area contributed by atoms with Crippen LogP contribution in [0.1, 0.15) is 5.76 Å². The average molecular weight is 236 g/mol. The van der Waals surface area contributed by atoms with Crippen LogP contribution >= 0.6 is 0 Å². The van der Waals surface area contributed by atoms with E-state index in [-0.39, 0.29) is 18.5 Å². The number of nitrogens with two attached hydrogens (primary N) is 1. The quantitative estimate of drug-likeness (QED) is 0.712. The molecule has 0 spiro atoms. The number of amides is 1. The molecule has 3 N–H and O–H groups in total. The van der Waals surface area contributed by atoms with Crippen LogP contribution in [-0.4, -0.2) is 40.5 Å². The number of nitrogens with zero attached hydrogens (tertiary/aromatic N) is 1. The third kappa shape index (κ3) is 2.21. The molecule has 0 aromatic carbocycles. The number of hydrogen-bond acceptors (Lipinski definition) is 4. The molecule has 2 rings (SSSR count). The van der Waals surface area contributed by atoms with Gasteiger partial charge in [0.05, 0.1) is 12.3 Å². The topological polar surface area (TPSA) is 96.8 Å². The standard InChI is InChI=1S/C11H12N2O4/c12-10-8(4-3-7-2-1-5-17-7)13(11(10)16)6-9(14)15/h1-5,8,10H,6,12H2,(H,14,15)/t8?,10-/m1/s1. The highest BCUT2D eigenvalue weighted by molar-refractivity contribution is 5.92. The van der Waals surface area contributed by atoms with Gasteiger partial charge in [0, 0.05) is 0 Å². The summed E-state index contributed by atoms with van der Waals surface area (Å²) in [6.45, 7) is -0.334. The SMILES string of the molecule is N[C@H]1C(=O)N(CC(=O)O)C1C=Cc1ccco1. The Morgan fingerprint density at radius 2 is 2.41 bits per heavy atom. The monoisotopic (exact) mass is 236 g/mol. The molecule has 1 aromatic heterocycles. The van der Waals surface area contributed by atoms with Gasteiger partial charge in [0.2, 0.25) is 5.91 Å². The van der Waals surface area contributed by atoms with Gasteiger partial charge < -0.3 is 20.2 Å². The maximum absolute atomic E-state index is 11.3. The molecule has 2 heterocycles. The first kappa shape index (κ1) is 11.4. The summed E-state index contributed by atoms with van der Waals surface area (Å²) in [5.74, 6) is -0.769. The molecule has 2 atom stereocenters. The average Bonchev–Trinajstić information content (AvgIpc) is 2.80. The number of carbonyl (C=O) groups excluding carboxylic acids is 1. The second-order valence-electron chi connectivity index (χ2n) is 3.75. The second-order valence-corrected chi connectivity index (χ2v) is 3.75. The zero-order valence-corrected chi connectivity index (χ0v) is 8.95. The van der Waals surface area contributed by atoms with Gasteiger partial charge in [-0.25, -0.2) is 0 Å². The van der Waals surface area contributed by atoms with E-state index in [0.29, 0.717) is 5.76 Å². The fraction of sp³-hybridized carbons (Fsp3) is 0.273. The molecule has 1 aliphatic rings. The van der Waals surface area contributed by atoms with Gasteiger partial charge in [-0.3, -0.25) is 9.59 Å². The lowest BCUT2D eigenvalue weighted by Crippen LogP contribution is -2.68. The van der Waals surface area contributed by atoms with E-state index in [1.54, 1.807) is 24.3 Å². The molecule has 6 nitrogen and oxygen atoms in total. The van der Waals surface area contributed by atoms with Crippen LogP contribution < -0.4 is 5.73 Å². The number of likely N-dealkylation sites (tertiary alicyclic amines) is 1. The molecule has 90 valence electrons. The minimum Gasteiger partial charge on any atom is -0.480 e. The Hall–Kier alpha value is -2.08. The van der Waals surface area contributed by atoms with E-state index in [1.165, 1.54) is 11.2 Å². The molecule has 1 aromatic rings. The summed E-state index contributed by atoms with van der Waals surface area (Å²) in [6.07, 6.45) is 4.88. The Morgan fingerprint density at radius 1 is 1.65 bits per heavy atom. The Bertz CT molecular complexity index is 452. The maximum Gasteiger partial charge on any atom is 0.323 e. The fourth-order valence-electron chi connectivity index (χ4n) is 1.73. The van der Waals surface area contributed by atoms with Crippen molar-refractivity contribution in [1.29, 1.82) is 0 Å². The number of rotatable bonds is 4. The molecule has 0 bridgehead atoms.